The second-order valence-electron chi connectivity index (χ2n) is 5.38. The van der Waals surface area contributed by atoms with Crippen LogP contribution in [0.4, 0.5) is 4.39 Å². The summed E-state index contributed by atoms with van der Waals surface area (Å²) in [6.07, 6.45) is -4.72. The lowest BCUT2D eigenvalue weighted by Crippen LogP contribution is -2.42. The molecule has 1 amide bonds. The minimum Gasteiger partial charge on any atom is -0.456 e. The van der Waals surface area contributed by atoms with Gasteiger partial charge >= 0.3 is 11.9 Å². The SMILES string of the molecule is CC(=O)O[C@@H]1[C@@H](OC(C)=O)[C@@H](CO)O[C@H]1n1cc(F)nc(C(N)=O)c1=O. The molecule has 1 aromatic rings. The summed E-state index contributed by atoms with van der Waals surface area (Å²) in [6.45, 7) is 1.48. The van der Waals surface area contributed by atoms with Gasteiger partial charge in [0, 0.05) is 13.8 Å². The number of halogens is 1. The third-order valence-corrected chi connectivity index (χ3v) is 3.48. The molecule has 12 heteroatoms. The van der Waals surface area contributed by atoms with Crippen LogP contribution < -0.4 is 11.3 Å². The van der Waals surface area contributed by atoms with Gasteiger partial charge in [0.15, 0.2) is 24.1 Å². The van der Waals surface area contributed by atoms with Gasteiger partial charge in [-0.1, -0.05) is 0 Å². The zero-order chi connectivity index (χ0) is 19.6. The highest BCUT2D eigenvalue weighted by Crippen LogP contribution is 2.33. The molecule has 2 rings (SSSR count). The monoisotopic (exact) mass is 373 g/mol. The number of aliphatic hydroxyl groups excluding tert-OH is 1. The molecule has 0 bridgehead atoms. The number of esters is 2. The largest absolute Gasteiger partial charge is 0.456 e. The van der Waals surface area contributed by atoms with E-state index in [1.165, 1.54) is 0 Å². The molecule has 2 heterocycles. The predicted molar refractivity (Wildman–Crippen MR) is 79.1 cm³/mol. The van der Waals surface area contributed by atoms with E-state index in [0.717, 1.165) is 13.8 Å². The number of aliphatic hydroxyl groups is 1. The molecule has 4 atom stereocenters. The van der Waals surface area contributed by atoms with E-state index >= 15 is 0 Å². The number of carbonyl (C=O) groups excluding carboxylic acids is 3. The van der Waals surface area contributed by atoms with Crippen LogP contribution in [0.2, 0.25) is 0 Å². The number of nitrogens with zero attached hydrogens (tertiary/aromatic N) is 2. The molecule has 142 valence electrons. The lowest BCUT2D eigenvalue weighted by molar-refractivity contribution is -0.165. The lowest BCUT2D eigenvalue weighted by atomic mass is 10.1. The van der Waals surface area contributed by atoms with E-state index in [9.17, 15) is 28.7 Å². The van der Waals surface area contributed by atoms with Gasteiger partial charge in [-0.25, -0.2) is 4.98 Å². The maximum Gasteiger partial charge on any atom is 0.303 e. The third kappa shape index (κ3) is 3.86. The van der Waals surface area contributed by atoms with E-state index in [1.807, 2.05) is 0 Å². The summed E-state index contributed by atoms with van der Waals surface area (Å²) in [5.41, 5.74) is 2.99. The molecule has 1 aliphatic heterocycles. The highest BCUT2D eigenvalue weighted by atomic mass is 19.1. The summed E-state index contributed by atoms with van der Waals surface area (Å²) >= 11 is 0. The lowest BCUT2D eigenvalue weighted by Gasteiger charge is -2.23. The first-order valence-corrected chi connectivity index (χ1v) is 7.35. The fourth-order valence-corrected chi connectivity index (χ4v) is 2.56. The Hall–Kier alpha value is -2.86. The van der Waals surface area contributed by atoms with Crippen molar-refractivity contribution in [3.8, 4) is 0 Å². The number of nitrogens with two attached hydrogens (primary N) is 1. The number of hydrogen-bond acceptors (Lipinski definition) is 9. The van der Waals surface area contributed by atoms with Crippen molar-refractivity contribution in [1.82, 2.24) is 9.55 Å². The molecule has 0 aromatic carbocycles. The molecular weight excluding hydrogens is 357 g/mol. The minimum atomic E-state index is -1.50. The molecule has 1 fully saturated rings. The third-order valence-electron chi connectivity index (χ3n) is 3.48. The molecule has 0 spiro atoms. The van der Waals surface area contributed by atoms with Gasteiger partial charge in [0.2, 0.25) is 5.95 Å². The number of hydrogen-bond donors (Lipinski definition) is 2. The van der Waals surface area contributed by atoms with Crippen molar-refractivity contribution in [1.29, 1.82) is 0 Å². The van der Waals surface area contributed by atoms with Crippen molar-refractivity contribution >= 4 is 17.8 Å². The first-order valence-electron chi connectivity index (χ1n) is 7.35. The predicted octanol–water partition coefficient (Wildman–Crippen LogP) is -1.77. The molecule has 26 heavy (non-hydrogen) atoms. The minimum absolute atomic E-state index is 0.599. The molecule has 1 saturated heterocycles. The topological polar surface area (TPSA) is 160 Å². The van der Waals surface area contributed by atoms with E-state index in [4.69, 9.17) is 19.9 Å². The van der Waals surface area contributed by atoms with Crippen LogP contribution in [-0.2, 0) is 23.8 Å². The average Bonchev–Trinajstić information content (AvgIpc) is 2.85. The van der Waals surface area contributed by atoms with Gasteiger partial charge in [-0.2, -0.15) is 4.39 Å². The Labute approximate surface area is 145 Å². The summed E-state index contributed by atoms with van der Waals surface area (Å²) in [7, 11) is 0. The average molecular weight is 373 g/mol. The maximum atomic E-state index is 13.7. The Bertz CT molecular complexity index is 795. The van der Waals surface area contributed by atoms with Crippen molar-refractivity contribution < 1.29 is 38.1 Å². The van der Waals surface area contributed by atoms with Gasteiger partial charge < -0.3 is 25.1 Å². The molecule has 0 saturated carbocycles. The number of rotatable bonds is 5. The van der Waals surface area contributed by atoms with Crippen molar-refractivity contribution in [3.05, 3.63) is 28.2 Å². The second kappa shape index (κ2) is 7.58. The van der Waals surface area contributed by atoms with Gasteiger partial charge in [0.25, 0.3) is 11.5 Å². The quantitative estimate of drug-likeness (QED) is 0.569. The zero-order valence-electron chi connectivity index (χ0n) is 13.7. The van der Waals surface area contributed by atoms with Crippen LogP contribution in [0.25, 0.3) is 0 Å². The number of primary amides is 1. The molecular formula is C14H16FN3O8. The molecule has 1 aliphatic rings. The number of aromatic nitrogens is 2. The Morgan fingerprint density at radius 3 is 2.38 bits per heavy atom. The van der Waals surface area contributed by atoms with Crippen LogP contribution in [0, 0.1) is 5.95 Å². The number of ether oxygens (including phenoxy) is 3. The number of carbonyl (C=O) groups is 3. The van der Waals surface area contributed by atoms with Crippen LogP contribution >= 0.6 is 0 Å². The summed E-state index contributed by atoms with van der Waals surface area (Å²) in [5, 5.41) is 9.43. The normalized spacial score (nSPS) is 24.9. The van der Waals surface area contributed by atoms with E-state index in [1.54, 1.807) is 0 Å². The Balaban J connectivity index is 2.56. The van der Waals surface area contributed by atoms with Crippen LogP contribution in [0.15, 0.2) is 11.0 Å². The van der Waals surface area contributed by atoms with Gasteiger partial charge in [-0.05, 0) is 0 Å². The Morgan fingerprint density at radius 1 is 1.31 bits per heavy atom. The number of amides is 1. The highest BCUT2D eigenvalue weighted by molar-refractivity contribution is 5.90. The zero-order valence-corrected chi connectivity index (χ0v) is 13.7. The molecule has 0 radical (unpaired) electrons. The second-order valence-corrected chi connectivity index (χ2v) is 5.38. The summed E-state index contributed by atoms with van der Waals surface area (Å²) in [4.78, 5) is 49.4. The van der Waals surface area contributed by atoms with E-state index in [0.29, 0.717) is 10.8 Å². The Kier molecular flexibility index (Phi) is 5.67. The highest BCUT2D eigenvalue weighted by Gasteiger charge is 2.50. The van der Waals surface area contributed by atoms with Crippen molar-refractivity contribution in [3.63, 3.8) is 0 Å². The first kappa shape index (κ1) is 19.5. The van der Waals surface area contributed by atoms with Crippen LogP contribution in [0.3, 0.4) is 0 Å². The summed E-state index contributed by atoms with van der Waals surface area (Å²) in [6, 6.07) is 0. The summed E-state index contributed by atoms with van der Waals surface area (Å²) in [5.74, 6) is -4.07. The molecule has 0 aliphatic carbocycles. The van der Waals surface area contributed by atoms with Gasteiger partial charge in [0.1, 0.15) is 6.10 Å². The van der Waals surface area contributed by atoms with Crippen molar-refractivity contribution in [2.45, 2.75) is 38.4 Å². The van der Waals surface area contributed by atoms with E-state index < -0.39 is 66.2 Å². The van der Waals surface area contributed by atoms with Crippen LogP contribution in [0.1, 0.15) is 30.6 Å². The van der Waals surface area contributed by atoms with E-state index in [2.05, 4.69) is 4.98 Å². The van der Waals surface area contributed by atoms with Crippen LogP contribution in [0.5, 0.6) is 0 Å². The summed E-state index contributed by atoms with van der Waals surface area (Å²) < 4.78 is 29.8. The standard InChI is InChI=1S/C14H16FN3O8/c1-5(20)24-10-7(4-19)26-14(11(10)25-6(2)21)18-3-8(15)17-9(12(16)22)13(18)23/h3,7,10-11,14,19H,4H2,1-2H3,(H2,16,22)/t7-,10+,11-,14-/m1/s1. The first-order chi connectivity index (χ1) is 12.1. The van der Waals surface area contributed by atoms with Crippen molar-refractivity contribution in [2.24, 2.45) is 5.73 Å². The maximum absolute atomic E-state index is 13.7. The van der Waals surface area contributed by atoms with E-state index in [-0.39, 0.29) is 0 Å². The van der Waals surface area contributed by atoms with Crippen molar-refractivity contribution in [2.75, 3.05) is 6.61 Å². The van der Waals surface area contributed by atoms with Gasteiger partial charge in [-0.15, -0.1) is 0 Å². The Morgan fingerprint density at radius 2 is 1.88 bits per heavy atom. The molecule has 0 unspecified atom stereocenters. The molecule has 11 nitrogen and oxygen atoms in total. The van der Waals surface area contributed by atoms with Gasteiger partial charge in [-0.3, -0.25) is 23.7 Å². The van der Waals surface area contributed by atoms with Gasteiger partial charge in [0.05, 0.1) is 12.8 Å². The molecule has 3 N–H and O–H groups in total. The fraction of sp³-hybridized carbons (Fsp3) is 0.500. The van der Waals surface area contributed by atoms with Crippen LogP contribution in [-0.4, -0.2) is 57.4 Å². The molecule has 1 aromatic heterocycles. The fourth-order valence-electron chi connectivity index (χ4n) is 2.56. The smallest absolute Gasteiger partial charge is 0.303 e.